The van der Waals surface area contributed by atoms with E-state index in [1.807, 2.05) is 84.5 Å². The molecular formula is C46H57IN8O7S2. The fourth-order valence-electron chi connectivity index (χ4n) is 8.72. The van der Waals surface area contributed by atoms with Crippen LogP contribution >= 0.6 is 33.9 Å². The number of nitrogens with one attached hydrogen (secondary N) is 2. The predicted octanol–water partition coefficient (Wildman–Crippen LogP) is 7.11. The minimum atomic E-state index is -3.69. The largest absolute Gasteiger partial charge is 0.459 e. The van der Waals surface area contributed by atoms with Crippen LogP contribution in [0.2, 0.25) is 0 Å². The van der Waals surface area contributed by atoms with Gasteiger partial charge >= 0.3 is 6.03 Å². The first-order valence-corrected chi connectivity index (χ1v) is 25.8. The minimum Gasteiger partial charge on any atom is -0.459 e. The van der Waals surface area contributed by atoms with Gasteiger partial charge in [-0.25, -0.2) is 18.2 Å². The molecule has 15 nitrogen and oxygen atoms in total. The molecule has 4 N–H and O–H groups in total. The van der Waals surface area contributed by atoms with Crippen LogP contribution < -0.4 is 20.5 Å². The fraction of sp³-hybridized carbons (Fsp3) is 0.522. The van der Waals surface area contributed by atoms with Gasteiger partial charge in [0, 0.05) is 48.0 Å². The van der Waals surface area contributed by atoms with Crippen LogP contribution in [0.3, 0.4) is 0 Å². The molecule has 0 bridgehead atoms. The number of thiazole rings is 1. The topological polar surface area (TPSA) is 199 Å². The van der Waals surface area contributed by atoms with Crippen LogP contribution in [0.4, 0.5) is 4.79 Å². The van der Waals surface area contributed by atoms with Crippen LogP contribution in [0.1, 0.15) is 97.4 Å². The molecule has 0 unspecified atom stereocenters. The summed E-state index contributed by atoms with van der Waals surface area (Å²) in [5.74, 6) is -1.51. The molecule has 2 aromatic heterocycles. The van der Waals surface area contributed by atoms with Gasteiger partial charge in [-0.2, -0.15) is 4.98 Å². The zero-order valence-corrected chi connectivity index (χ0v) is 40.3. The van der Waals surface area contributed by atoms with Crippen LogP contribution in [0.25, 0.3) is 32.9 Å². The summed E-state index contributed by atoms with van der Waals surface area (Å²) in [5.41, 5.74) is 10.4. The molecule has 4 aliphatic rings. The van der Waals surface area contributed by atoms with E-state index in [4.69, 9.17) is 20.4 Å². The van der Waals surface area contributed by atoms with Crippen molar-refractivity contribution in [2.75, 3.05) is 19.6 Å². The molecule has 342 valence electrons. The molecule has 4 fully saturated rings. The number of amides is 5. The Morgan fingerprint density at radius 3 is 2.48 bits per heavy atom. The third-order valence-electron chi connectivity index (χ3n) is 13.0. The number of rotatable bonds is 18. The number of allylic oxidation sites excluding steroid dienone is 2. The molecule has 5 atom stereocenters. The number of nitrogens with two attached hydrogens (primary N) is 1. The normalized spacial score (nSPS) is 23.2. The number of para-hydroxylation sites is 1. The van der Waals surface area contributed by atoms with Crippen molar-refractivity contribution in [3.63, 3.8) is 0 Å². The lowest BCUT2D eigenvalue weighted by Gasteiger charge is -2.29. The number of hydrogen-bond acceptors (Lipinski definition) is 10. The van der Waals surface area contributed by atoms with E-state index in [9.17, 15) is 27.6 Å². The number of primary amides is 1. The predicted molar refractivity (Wildman–Crippen MR) is 255 cm³/mol. The van der Waals surface area contributed by atoms with Gasteiger partial charge in [-0.15, -0.1) is 11.3 Å². The second-order valence-electron chi connectivity index (χ2n) is 18.1. The number of ether oxygens (including phenoxy) is 1. The summed E-state index contributed by atoms with van der Waals surface area (Å²) in [4.78, 5) is 66.9. The number of aromatic nitrogens is 3. The van der Waals surface area contributed by atoms with E-state index in [-0.39, 0.29) is 36.9 Å². The van der Waals surface area contributed by atoms with Crippen molar-refractivity contribution in [2.45, 2.75) is 124 Å². The number of likely N-dealkylation sites (tertiary alicyclic amines) is 2. The van der Waals surface area contributed by atoms with Crippen molar-refractivity contribution in [1.82, 2.24) is 34.4 Å². The van der Waals surface area contributed by atoms with Crippen molar-refractivity contribution >= 4 is 78.7 Å². The highest BCUT2D eigenvalue weighted by atomic mass is 127. The van der Waals surface area contributed by atoms with E-state index in [0.29, 0.717) is 51.2 Å². The maximum Gasteiger partial charge on any atom is 0.318 e. The monoisotopic (exact) mass is 1020 g/mol. The van der Waals surface area contributed by atoms with Crippen molar-refractivity contribution in [1.29, 1.82) is 0 Å². The summed E-state index contributed by atoms with van der Waals surface area (Å²) in [5, 5.41) is 5.86. The number of halogens is 1. The van der Waals surface area contributed by atoms with Crippen LogP contribution in [-0.2, 0) is 24.4 Å². The highest BCUT2D eigenvalue weighted by Crippen LogP contribution is 2.53. The number of imidazole rings is 1. The number of urea groups is 1. The highest BCUT2D eigenvalue weighted by Gasteiger charge is 2.59. The van der Waals surface area contributed by atoms with Crippen LogP contribution in [-0.4, -0.2) is 102 Å². The standard InChI is InChI=1S/C46H57IN8O7S2/c1-29(2)55-36-20-14-18-33(40-49-35(28-63-40)30-15-8-7-9-16-30)38(36)51-44(55)62-32-25-37(39(48)56)54(27-32)41(57)34(50-43(59)53-23-12-13-24-53)19-11-6-4-5-10-17-31-26-46(31,47)42(58)52-64(60,61)45(3)21-22-45/h7-10,14-18,20,28-29,31-32,34,37H,4-6,11-13,19,21-27H2,1-3H3,(H2,48,56)(H,50,59)(H,52,58)/b17-10-/t31-,32-,34+,37+,46-/m1/s1. The summed E-state index contributed by atoms with van der Waals surface area (Å²) < 4.78 is 34.5. The van der Waals surface area contributed by atoms with Gasteiger partial charge in [-0.1, -0.05) is 84.0 Å². The Morgan fingerprint density at radius 2 is 1.78 bits per heavy atom. The van der Waals surface area contributed by atoms with Gasteiger partial charge in [0.05, 0.1) is 22.5 Å². The summed E-state index contributed by atoms with van der Waals surface area (Å²) in [6.45, 7) is 7.09. The van der Waals surface area contributed by atoms with Crippen molar-refractivity contribution in [3.05, 3.63) is 66.1 Å². The van der Waals surface area contributed by atoms with E-state index in [1.54, 1.807) is 23.2 Å². The Hall–Kier alpha value is -4.56. The SMILES string of the molecule is CC(C)n1c(O[C@@H]2C[C@@H](C(N)=O)N(C(=O)[C@H](CCCCC/C=C\[C@@H]3C[C@]3(I)C(=O)NS(=O)(=O)C3(C)CC3)NC(=O)N3CCCC3)C2)nc2c(-c3nc(-c4ccccc4)cs3)cccc21. The number of benzene rings is 2. The summed E-state index contributed by atoms with van der Waals surface area (Å²) in [7, 11) is -3.69. The zero-order valence-electron chi connectivity index (χ0n) is 36.5. The second kappa shape index (κ2) is 18.7. The van der Waals surface area contributed by atoms with Gasteiger partial charge in [0.2, 0.25) is 27.7 Å². The molecule has 2 aromatic carbocycles. The Kier molecular flexibility index (Phi) is 13.5. The fourth-order valence-corrected chi connectivity index (χ4v) is 11.9. The van der Waals surface area contributed by atoms with Crippen molar-refractivity contribution in [2.24, 2.45) is 11.7 Å². The van der Waals surface area contributed by atoms with Gasteiger partial charge in [0.15, 0.2) is 0 Å². The van der Waals surface area contributed by atoms with Gasteiger partial charge in [-0.05, 0) is 84.3 Å². The molecule has 4 heterocycles. The molecule has 5 amide bonds. The van der Waals surface area contributed by atoms with Gasteiger partial charge in [-0.3, -0.25) is 23.7 Å². The molecule has 2 aliphatic heterocycles. The third-order valence-corrected chi connectivity index (χ3v) is 17.8. The molecule has 0 radical (unpaired) electrons. The number of fused-ring (bicyclic) bond motifs is 1. The minimum absolute atomic E-state index is 0.0280. The summed E-state index contributed by atoms with van der Waals surface area (Å²) in [6.07, 6.45) is 10.5. The molecule has 0 spiro atoms. The average Bonchev–Trinajstić information content (AvgIpc) is 3.75. The zero-order chi connectivity index (χ0) is 45.4. The van der Waals surface area contributed by atoms with Crippen LogP contribution in [0.5, 0.6) is 6.01 Å². The first-order chi connectivity index (χ1) is 30.6. The Morgan fingerprint density at radius 1 is 1.03 bits per heavy atom. The summed E-state index contributed by atoms with van der Waals surface area (Å²) >= 11 is 3.62. The molecule has 8 rings (SSSR count). The Bertz CT molecular complexity index is 2540. The van der Waals surface area contributed by atoms with Gasteiger partial charge < -0.3 is 25.6 Å². The van der Waals surface area contributed by atoms with E-state index >= 15 is 0 Å². The van der Waals surface area contributed by atoms with Gasteiger partial charge in [0.25, 0.3) is 6.01 Å². The maximum atomic E-state index is 14.5. The lowest BCUT2D eigenvalue weighted by atomic mass is 10.0. The van der Waals surface area contributed by atoms with E-state index in [0.717, 1.165) is 65.0 Å². The molecule has 4 aromatic rings. The molecule has 64 heavy (non-hydrogen) atoms. The molecule has 2 saturated heterocycles. The van der Waals surface area contributed by atoms with Crippen molar-refractivity contribution < 1.29 is 32.3 Å². The number of alkyl halides is 1. The quantitative estimate of drug-likeness (QED) is 0.0402. The van der Waals surface area contributed by atoms with Crippen molar-refractivity contribution in [3.8, 4) is 27.8 Å². The Labute approximate surface area is 392 Å². The maximum absolute atomic E-state index is 14.5. The average molecular weight is 1030 g/mol. The molecule has 2 saturated carbocycles. The van der Waals surface area contributed by atoms with E-state index in [2.05, 4.69) is 32.6 Å². The van der Waals surface area contributed by atoms with Crippen LogP contribution in [0.15, 0.2) is 66.1 Å². The van der Waals surface area contributed by atoms with E-state index < -0.39 is 48.2 Å². The first-order valence-electron chi connectivity index (χ1n) is 22.3. The number of carbonyl (C=O) groups is 4. The highest BCUT2D eigenvalue weighted by molar-refractivity contribution is 14.1. The van der Waals surface area contributed by atoms with Crippen LogP contribution in [0, 0.1) is 5.92 Å². The number of nitrogens with zero attached hydrogens (tertiary/aromatic N) is 5. The number of sulfonamides is 1. The number of unbranched alkanes of at least 4 members (excludes halogenated alkanes) is 3. The first kappa shape index (κ1) is 46.0. The lowest BCUT2D eigenvalue weighted by Crippen LogP contribution is -2.54. The second-order valence-corrected chi connectivity index (χ2v) is 23.1. The summed E-state index contributed by atoms with van der Waals surface area (Å²) in [6, 6.07) is 14.3. The number of carbonyl (C=O) groups excluding carboxylic acids is 4. The smallest absolute Gasteiger partial charge is 0.318 e. The van der Waals surface area contributed by atoms with Gasteiger partial charge in [0.1, 0.15) is 32.1 Å². The third kappa shape index (κ3) is 9.69. The molecule has 2 aliphatic carbocycles. The molecule has 18 heteroatoms. The lowest BCUT2D eigenvalue weighted by molar-refractivity contribution is -0.139. The number of hydrogen-bond donors (Lipinski definition) is 3. The molecular weight excluding hydrogens is 968 g/mol. The Balaban J connectivity index is 0.913. The van der Waals surface area contributed by atoms with E-state index in [1.165, 1.54) is 4.90 Å².